The van der Waals surface area contributed by atoms with Crippen molar-refractivity contribution in [1.82, 2.24) is 15.3 Å². The van der Waals surface area contributed by atoms with Gasteiger partial charge in [-0.25, -0.2) is 9.78 Å². The van der Waals surface area contributed by atoms with Crippen molar-refractivity contribution in [2.24, 2.45) is 5.73 Å². The van der Waals surface area contributed by atoms with Crippen LogP contribution in [0, 0.1) is 11.8 Å². The molecule has 0 unspecified atom stereocenters. The minimum absolute atomic E-state index is 0.000897. The van der Waals surface area contributed by atoms with Crippen molar-refractivity contribution < 1.29 is 27.5 Å². The molecule has 1 aliphatic carbocycles. The Bertz CT molecular complexity index is 1460. The van der Waals surface area contributed by atoms with Crippen LogP contribution in [0.25, 0.3) is 10.9 Å². The summed E-state index contributed by atoms with van der Waals surface area (Å²) in [6, 6.07) is 6.91. The molecule has 1 aromatic carbocycles. The molecule has 12 heteroatoms. The van der Waals surface area contributed by atoms with E-state index in [1.165, 1.54) is 13.2 Å². The van der Waals surface area contributed by atoms with Gasteiger partial charge in [0.15, 0.2) is 5.69 Å². The van der Waals surface area contributed by atoms with Crippen molar-refractivity contribution in [2.45, 2.75) is 50.5 Å². The second-order valence-corrected chi connectivity index (χ2v) is 9.48. The summed E-state index contributed by atoms with van der Waals surface area (Å²) < 4.78 is 44.4. The fraction of sp³-hybridized carbons (Fsp3) is 0.333. The molecule has 1 fully saturated rings. The number of ether oxygens (including phenoxy) is 1. The number of aromatic nitrogens is 2. The highest BCUT2D eigenvalue weighted by atomic mass is 35.5. The van der Waals surface area contributed by atoms with E-state index in [4.69, 9.17) is 17.3 Å². The van der Waals surface area contributed by atoms with Gasteiger partial charge in [0, 0.05) is 36.1 Å². The number of pyridine rings is 2. The van der Waals surface area contributed by atoms with Crippen LogP contribution < -0.4 is 16.4 Å². The summed E-state index contributed by atoms with van der Waals surface area (Å²) in [7, 11) is 1.19. The Kier molecular flexibility index (Phi) is 8.57. The highest BCUT2D eigenvalue weighted by molar-refractivity contribution is 6.31. The van der Waals surface area contributed by atoms with Crippen LogP contribution >= 0.6 is 11.6 Å². The van der Waals surface area contributed by atoms with Gasteiger partial charge >= 0.3 is 12.1 Å². The van der Waals surface area contributed by atoms with Crippen LogP contribution in [0.5, 0.6) is 0 Å². The van der Waals surface area contributed by atoms with Gasteiger partial charge in [-0.15, -0.1) is 0 Å². The van der Waals surface area contributed by atoms with E-state index in [9.17, 15) is 22.8 Å². The fourth-order valence-corrected chi connectivity index (χ4v) is 4.55. The number of carbonyl (C=O) groups excluding carboxylic acids is 2. The van der Waals surface area contributed by atoms with Gasteiger partial charge in [-0.1, -0.05) is 17.7 Å². The molecule has 4 N–H and O–H groups in total. The van der Waals surface area contributed by atoms with Crippen molar-refractivity contribution in [3.8, 4) is 11.8 Å². The first-order valence-electron chi connectivity index (χ1n) is 12.1. The number of hydrogen-bond donors (Lipinski definition) is 3. The zero-order chi connectivity index (χ0) is 28.2. The number of benzene rings is 1. The number of carbonyl (C=O) groups is 2. The molecule has 39 heavy (non-hydrogen) atoms. The van der Waals surface area contributed by atoms with Crippen LogP contribution in [-0.2, 0) is 22.3 Å². The first-order valence-corrected chi connectivity index (χ1v) is 12.5. The molecule has 0 radical (unpaired) electrons. The summed E-state index contributed by atoms with van der Waals surface area (Å²) in [5, 5.41) is 6.08. The predicted octanol–water partition coefficient (Wildman–Crippen LogP) is 4.44. The summed E-state index contributed by atoms with van der Waals surface area (Å²) in [5.74, 6) is 3.49. The van der Waals surface area contributed by atoms with Crippen molar-refractivity contribution in [3.63, 3.8) is 0 Å². The number of hydrogen-bond acceptors (Lipinski definition) is 7. The molecule has 0 spiro atoms. The number of nitrogens with one attached hydrogen (secondary N) is 2. The van der Waals surface area contributed by atoms with Crippen molar-refractivity contribution in [1.29, 1.82) is 0 Å². The summed E-state index contributed by atoms with van der Waals surface area (Å²) in [4.78, 5) is 34.0. The molecular weight excluding hydrogens is 535 g/mol. The number of alkyl halides is 3. The number of nitrogens with zero attached hydrogens (tertiary/aromatic N) is 2. The molecule has 1 aliphatic rings. The Morgan fingerprint density at radius 3 is 2.64 bits per heavy atom. The summed E-state index contributed by atoms with van der Waals surface area (Å²) >= 11 is 5.71. The van der Waals surface area contributed by atoms with Gasteiger partial charge in [0.25, 0.3) is 5.91 Å². The van der Waals surface area contributed by atoms with Gasteiger partial charge in [-0.05, 0) is 61.4 Å². The van der Waals surface area contributed by atoms with Crippen LogP contribution in [0.15, 0.2) is 36.5 Å². The van der Waals surface area contributed by atoms with Crippen molar-refractivity contribution in [3.05, 3.63) is 64.1 Å². The lowest BCUT2D eigenvalue weighted by atomic mass is 9.91. The van der Waals surface area contributed by atoms with E-state index >= 15 is 0 Å². The molecule has 0 saturated heterocycles. The zero-order valence-electron chi connectivity index (χ0n) is 20.9. The third kappa shape index (κ3) is 6.77. The van der Waals surface area contributed by atoms with E-state index in [2.05, 4.69) is 37.2 Å². The molecule has 8 nitrogen and oxygen atoms in total. The second kappa shape index (κ2) is 11.9. The van der Waals surface area contributed by atoms with Crippen molar-refractivity contribution in [2.75, 3.05) is 12.4 Å². The summed E-state index contributed by atoms with van der Waals surface area (Å²) in [5.41, 5.74) is 6.07. The number of methoxy groups -OCH3 is 1. The highest BCUT2D eigenvalue weighted by Crippen LogP contribution is 2.35. The van der Waals surface area contributed by atoms with Gasteiger partial charge in [0.2, 0.25) is 0 Å². The summed E-state index contributed by atoms with van der Waals surface area (Å²) in [6.07, 6.45) is 0.0554. The average Bonchev–Trinajstić information content (AvgIpc) is 2.92. The molecule has 204 valence electrons. The predicted molar refractivity (Wildman–Crippen MR) is 140 cm³/mol. The first-order chi connectivity index (χ1) is 18.6. The summed E-state index contributed by atoms with van der Waals surface area (Å²) in [6.45, 7) is -0.220. The molecular formula is C27H25ClF3N5O3. The van der Waals surface area contributed by atoms with Crippen molar-refractivity contribution >= 4 is 40.1 Å². The number of amides is 1. The van der Waals surface area contributed by atoms with Gasteiger partial charge < -0.3 is 21.1 Å². The first kappa shape index (κ1) is 28.1. The molecule has 0 aliphatic heterocycles. The molecule has 1 saturated carbocycles. The monoisotopic (exact) mass is 559 g/mol. The normalized spacial score (nSPS) is 17.2. The van der Waals surface area contributed by atoms with E-state index < -0.39 is 28.6 Å². The number of esters is 1. The van der Waals surface area contributed by atoms with Gasteiger partial charge in [0.05, 0.1) is 28.9 Å². The molecule has 1 amide bonds. The maximum absolute atomic E-state index is 13.4. The Balaban J connectivity index is 1.72. The zero-order valence-corrected chi connectivity index (χ0v) is 21.6. The second-order valence-electron chi connectivity index (χ2n) is 9.08. The number of rotatable bonds is 5. The molecule has 3 aromatic rings. The minimum Gasteiger partial charge on any atom is -0.459 e. The third-order valence-corrected chi connectivity index (χ3v) is 6.68. The lowest BCUT2D eigenvalue weighted by Crippen LogP contribution is -2.34. The SMILES string of the molecule is COC(=O)C#Cc1nc(C(=O)NCc2ccc(Cl)c(C(F)(F)F)c2)c(NC2CCC(N)CC2)c2ncccc12. The standard InChI is InChI=1S/C27H25ClF3N5O3/c1-39-22(37)11-10-21-18-3-2-12-33-23(18)24(35-17-7-5-16(32)6-8-17)25(36-21)26(38)34-14-15-4-9-20(28)19(13-15)27(29,30)31/h2-4,9,12-13,16-17,35H,5-8,14,32H2,1H3,(H,34,38). The topological polar surface area (TPSA) is 119 Å². The molecule has 0 atom stereocenters. The minimum atomic E-state index is -4.64. The van der Waals surface area contributed by atoms with Crippen LogP contribution in [0.1, 0.15) is 53.0 Å². The van der Waals surface area contributed by atoms with Crippen LogP contribution in [0.2, 0.25) is 5.02 Å². The molecule has 2 aromatic heterocycles. The molecule has 2 heterocycles. The van der Waals surface area contributed by atoms with E-state index in [-0.39, 0.29) is 35.6 Å². The van der Waals surface area contributed by atoms with Crippen LogP contribution in [-0.4, -0.2) is 41.0 Å². The Hall–Kier alpha value is -3.88. The van der Waals surface area contributed by atoms with Crippen LogP contribution in [0.3, 0.4) is 0 Å². The smallest absolute Gasteiger partial charge is 0.417 e. The number of anilines is 1. The largest absolute Gasteiger partial charge is 0.459 e. The highest BCUT2D eigenvalue weighted by Gasteiger charge is 2.33. The van der Waals surface area contributed by atoms with Gasteiger partial charge in [0.1, 0.15) is 5.69 Å². The Labute approximate surface area is 227 Å². The fourth-order valence-electron chi connectivity index (χ4n) is 4.33. The van der Waals surface area contributed by atoms with E-state index in [0.29, 0.717) is 16.6 Å². The molecule has 4 rings (SSSR count). The maximum atomic E-state index is 13.4. The number of fused-ring (bicyclic) bond motifs is 1. The quantitative estimate of drug-likeness (QED) is 0.312. The number of nitrogens with two attached hydrogens (primary N) is 1. The van der Waals surface area contributed by atoms with Gasteiger partial charge in [-0.3, -0.25) is 9.78 Å². The third-order valence-electron chi connectivity index (χ3n) is 6.35. The average molecular weight is 560 g/mol. The molecule has 0 bridgehead atoms. The lowest BCUT2D eigenvalue weighted by Gasteiger charge is -2.28. The van der Waals surface area contributed by atoms with E-state index in [1.807, 2.05) is 0 Å². The Morgan fingerprint density at radius 2 is 1.95 bits per heavy atom. The maximum Gasteiger partial charge on any atom is 0.417 e. The Morgan fingerprint density at radius 1 is 1.21 bits per heavy atom. The van der Waals surface area contributed by atoms with E-state index in [0.717, 1.165) is 37.8 Å². The number of halogens is 4. The van der Waals surface area contributed by atoms with E-state index in [1.54, 1.807) is 18.3 Å². The lowest BCUT2D eigenvalue weighted by molar-refractivity contribution is -0.137. The van der Waals surface area contributed by atoms with Crippen LogP contribution in [0.4, 0.5) is 18.9 Å². The van der Waals surface area contributed by atoms with Gasteiger partial charge in [-0.2, -0.15) is 13.2 Å².